The Morgan fingerprint density at radius 1 is 1.38 bits per heavy atom. The highest BCUT2D eigenvalue weighted by molar-refractivity contribution is 5.93. The molecule has 1 saturated heterocycles. The van der Waals surface area contributed by atoms with E-state index in [1.54, 1.807) is 0 Å². The van der Waals surface area contributed by atoms with E-state index in [0.717, 1.165) is 19.0 Å². The van der Waals surface area contributed by atoms with E-state index in [1.165, 1.54) is 19.3 Å². The number of imide groups is 1. The summed E-state index contributed by atoms with van der Waals surface area (Å²) in [7, 11) is 0. The van der Waals surface area contributed by atoms with Crippen molar-refractivity contribution in [2.24, 2.45) is 11.7 Å². The van der Waals surface area contributed by atoms with Gasteiger partial charge in [-0.15, -0.1) is 0 Å². The lowest BCUT2D eigenvalue weighted by Crippen LogP contribution is -2.37. The largest absolute Gasteiger partial charge is 0.351 e. The van der Waals surface area contributed by atoms with Crippen LogP contribution in [0.3, 0.4) is 0 Å². The van der Waals surface area contributed by atoms with E-state index >= 15 is 0 Å². The number of carbonyl (C=O) groups is 2. The molecule has 1 fully saturated rings. The molecule has 0 aromatic rings. The summed E-state index contributed by atoms with van der Waals surface area (Å²) >= 11 is 0. The fourth-order valence-electron chi connectivity index (χ4n) is 2.01. The van der Waals surface area contributed by atoms with E-state index in [0.29, 0.717) is 13.0 Å². The van der Waals surface area contributed by atoms with Gasteiger partial charge in [-0.25, -0.2) is 4.79 Å². The zero-order chi connectivity index (χ0) is 12.0. The van der Waals surface area contributed by atoms with Gasteiger partial charge in [0.2, 0.25) is 5.91 Å². The molecule has 1 aliphatic rings. The number of nitrogens with one attached hydrogen (secondary N) is 1. The van der Waals surface area contributed by atoms with Crippen LogP contribution >= 0.6 is 0 Å². The number of amides is 3. The molecule has 1 unspecified atom stereocenters. The molecule has 0 saturated carbocycles. The van der Waals surface area contributed by atoms with Crippen LogP contribution in [-0.4, -0.2) is 36.5 Å². The van der Waals surface area contributed by atoms with Crippen LogP contribution < -0.4 is 11.1 Å². The quantitative estimate of drug-likeness (QED) is 0.745. The molecule has 1 aliphatic heterocycles. The first kappa shape index (κ1) is 13.0. The Bertz CT molecular complexity index is 256. The van der Waals surface area contributed by atoms with Crippen molar-refractivity contribution in [2.75, 3.05) is 19.6 Å². The molecule has 3 amide bonds. The fourth-order valence-corrected chi connectivity index (χ4v) is 2.01. The first-order chi connectivity index (χ1) is 7.58. The average molecular weight is 227 g/mol. The first-order valence-electron chi connectivity index (χ1n) is 5.89. The Labute approximate surface area is 96.4 Å². The molecule has 5 nitrogen and oxygen atoms in total. The van der Waals surface area contributed by atoms with Gasteiger partial charge in [0.1, 0.15) is 0 Å². The Morgan fingerprint density at radius 2 is 2.12 bits per heavy atom. The Hall–Kier alpha value is -1.10. The molecule has 0 aromatic carbocycles. The summed E-state index contributed by atoms with van der Waals surface area (Å²) in [5, 5.41) is 2.08. The highest BCUT2D eigenvalue weighted by Gasteiger charge is 2.14. The molecule has 3 N–H and O–H groups in total. The second kappa shape index (κ2) is 6.48. The molecular formula is C11H21N3O2. The normalized spacial score (nSPS) is 22.4. The third-order valence-corrected chi connectivity index (χ3v) is 3.03. The topological polar surface area (TPSA) is 75.4 Å². The summed E-state index contributed by atoms with van der Waals surface area (Å²) in [5.41, 5.74) is 4.86. The Balaban J connectivity index is 2.21. The number of hydrogen-bond acceptors (Lipinski definition) is 3. The molecule has 0 aliphatic carbocycles. The van der Waals surface area contributed by atoms with E-state index in [2.05, 4.69) is 17.1 Å². The van der Waals surface area contributed by atoms with Crippen molar-refractivity contribution in [1.82, 2.24) is 10.2 Å². The summed E-state index contributed by atoms with van der Waals surface area (Å²) < 4.78 is 0. The molecule has 1 atom stereocenters. The van der Waals surface area contributed by atoms with Crippen molar-refractivity contribution in [3.63, 3.8) is 0 Å². The van der Waals surface area contributed by atoms with Crippen LogP contribution in [0.15, 0.2) is 0 Å². The van der Waals surface area contributed by atoms with Gasteiger partial charge in [-0.1, -0.05) is 6.92 Å². The summed E-state index contributed by atoms with van der Waals surface area (Å²) in [6.07, 6.45) is 4.00. The average Bonchev–Trinajstić information content (AvgIpc) is 2.39. The van der Waals surface area contributed by atoms with Crippen molar-refractivity contribution in [3.8, 4) is 0 Å². The van der Waals surface area contributed by atoms with E-state index in [9.17, 15) is 9.59 Å². The number of carbonyl (C=O) groups excluding carboxylic acids is 2. The summed E-state index contributed by atoms with van der Waals surface area (Å²) in [6.45, 7) is 5.08. The molecule has 0 radical (unpaired) electrons. The highest BCUT2D eigenvalue weighted by atomic mass is 16.2. The third-order valence-electron chi connectivity index (χ3n) is 3.03. The molecule has 0 aromatic heterocycles. The number of likely N-dealkylation sites (tertiary alicyclic amines) is 1. The van der Waals surface area contributed by atoms with Crippen LogP contribution in [0.4, 0.5) is 4.79 Å². The maximum atomic E-state index is 11.2. The van der Waals surface area contributed by atoms with Crippen LogP contribution in [-0.2, 0) is 4.79 Å². The minimum atomic E-state index is -0.769. The molecule has 5 heteroatoms. The van der Waals surface area contributed by atoms with Crippen LogP contribution in [0.25, 0.3) is 0 Å². The van der Waals surface area contributed by atoms with Gasteiger partial charge in [0.05, 0.1) is 0 Å². The van der Waals surface area contributed by atoms with Gasteiger partial charge in [-0.2, -0.15) is 0 Å². The lowest BCUT2D eigenvalue weighted by molar-refractivity contribution is -0.120. The predicted molar refractivity (Wildman–Crippen MR) is 61.8 cm³/mol. The van der Waals surface area contributed by atoms with Crippen molar-refractivity contribution in [3.05, 3.63) is 0 Å². The van der Waals surface area contributed by atoms with E-state index < -0.39 is 6.03 Å². The van der Waals surface area contributed by atoms with Crippen molar-refractivity contribution < 1.29 is 9.59 Å². The number of hydrogen-bond donors (Lipinski definition) is 2. The first-order valence-corrected chi connectivity index (χ1v) is 5.89. The van der Waals surface area contributed by atoms with Crippen LogP contribution in [0.1, 0.15) is 32.6 Å². The van der Waals surface area contributed by atoms with Crippen LogP contribution in [0.2, 0.25) is 0 Å². The minimum absolute atomic E-state index is 0.287. The van der Waals surface area contributed by atoms with Gasteiger partial charge in [-0.05, 0) is 38.3 Å². The molecular weight excluding hydrogens is 206 g/mol. The second-order valence-electron chi connectivity index (χ2n) is 4.54. The second-order valence-corrected chi connectivity index (χ2v) is 4.54. The molecule has 0 bridgehead atoms. The van der Waals surface area contributed by atoms with Gasteiger partial charge < -0.3 is 10.6 Å². The van der Waals surface area contributed by atoms with Crippen LogP contribution in [0, 0.1) is 5.92 Å². The van der Waals surface area contributed by atoms with Gasteiger partial charge in [0.15, 0.2) is 0 Å². The van der Waals surface area contributed by atoms with Crippen LogP contribution in [0.5, 0.6) is 0 Å². The zero-order valence-electron chi connectivity index (χ0n) is 9.87. The SMILES string of the molecule is CC1CCCN(CCC(=O)NC(N)=O)CC1. The maximum absolute atomic E-state index is 11.2. The molecule has 92 valence electrons. The van der Waals surface area contributed by atoms with Gasteiger partial charge in [0.25, 0.3) is 0 Å². The molecule has 0 spiro atoms. The standard InChI is InChI=1S/C11H21N3O2/c1-9-3-2-6-14(7-4-9)8-5-10(15)13-11(12)16/h9H,2-8H2,1H3,(H3,12,13,15,16). The zero-order valence-corrected chi connectivity index (χ0v) is 9.87. The molecule has 16 heavy (non-hydrogen) atoms. The third kappa shape index (κ3) is 5.11. The number of nitrogens with two attached hydrogens (primary N) is 1. The lowest BCUT2D eigenvalue weighted by atomic mass is 10.0. The predicted octanol–water partition coefficient (Wildman–Crippen LogP) is 0.693. The number of nitrogens with zero attached hydrogens (tertiary/aromatic N) is 1. The molecule has 1 heterocycles. The summed E-state index contributed by atoms with van der Waals surface area (Å²) in [5.74, 6) is 0.495. The summed E-state index contributed by atoms with van der Waals surface area (Å²) in [4.78, 5) is 23.9. The highest BCUT2D eigenvalue weighted by Crippen LogP contribution is 2.16. The number of primary amides is 1. The van der Waals surface area contributed by atoms with E-state index in [1.807, 2.05) is 0 Å². The van der Waals surface area contributed by atoms with Gasteiger partial charge >= 0.3 is 6.03 Å². The monoisotopic (exact) mass is 227 g/mol. The molecule has 1 rings (SSSR count). The number of urea groups is 1. The number of rotatable bonds is 3. The Morgan fingerprint density at radius 3 is 2.81 bits per heavy atom. The van der Waals surface area contributed by atoms with E-state index in [4.69, 9.17) is 5.73 Å². The summed E-state index contributed by atoms with van der Waals surface area (Å²) in [6, 6.07) is -0.769. The van der Waals surface area contributed by atoms with E-state index in [-0.39, 0.29) is 5.91 Å². The lowest BCUT2D eigenvalue weighted by Gasteiger charge is -2.19. The Kier molecular flexibility index (Phi) is 5.25. The minimum Gasteiger partial charge on any atom is -0.351 e. The van der Waals surface area contributed by atoms with Gasteiger partial charge in [-0.3, -0.25) is 10.1 Å². The smallest absolute Gasteiger partial charge is 0.318 e. The van der Waals surface area contributed by atoms with Gasteiger partial charge in [0, 0.05) is 13.0 Å². The fraction of sp³-hybridized carbons (Fsp3) is 0.818. The van der Waals surface area contributed by atoms with Crippen molar-refractivity contribution >= 4 is 11.9 Å². The maximum Gasteiger partial charge on any atom is 0.318 e. The van der Waals surface area contributed by atoms with Crippen molar-refractivity contribution in [1.29, 1.82) is 0 Å². The van der Waals surface area contributed by atoms with Crippen molar-refractivity contribution in [2.45, 2.75) is 32.6 Å².